The van der Waals surface area contributed by atoms with E-state index in [1.807, 2.05) is 41.2 Å². The third-order valence-electron chi connectivity index (χ3n) is 6.06. The Morgan fingerprint density at radius 3 is 2.39 bits per heavy atom. The van der Waals surface area contributed by atoms with Gasteiger partial charge in [-0.2, -0.15) is 5.10 Å². The van der Waals surface area contributed by atoms with E-state index in [0.29, 0.717) is 0 Å². The lowest BCUT2D eigenvalue weighted by molar-refractivity contribution is 0.309. The van der Waals surface area contributed by atoms with Crippen molar-refractivity contribution in [3.8, 4) is 17.0 Å². The third kappa shape index (κ3) is 4.76. The van der Waals surface area contributed by atoms with E-state index in [9.17, 15) is 0 Å². The molecule has 1 aliphatic rings. The molecule has 2 aromatic heterocycles. The number of hydrogen-bond donors (Lipinski definition) is 0. The quantitative estimate of drug-likeness (QED) is 0.337. The Hall–Kier alpha value is -3.25. The summed E-state index contributed by atoms with van der Waals surface area (Å²) in [5, 5.41) is 5.57. The highest BCUT2D eigenvalue weighted by molar-refractivity contribution is 6.30. The highest BCUT2D eigenvalue weighted by Gasteiger charge is 2.21. The van der Waals surface area contributed by atoms with Crippen molar-refractivity contribution in [2.24, 2.45) is 0 Å². The SMILES string of the molecule is CCCCOc1ccc(-c2cc3c(N4CCN(c5ccc(Cl)cc5)CC4)nccn3n2)cc1. The largest absolute Gasteiger partial charge is 0.494 e. The smallest absolute Gasteiger partial charge is 0.154 e. The van der Waals surface area contributed by atoms with Gasteiger partial charge in [-0.1, -0.05) is 24.9 Å². The number of unbranched alkanes of at least 4 members (excludes halogenated alkanes) is 1. The van der Waals surface area contributed by atoms with E-state index in [-0.39, 0.29) is 0 Å². The lowest BCUT2D eigenvalue weighted by atomic mass is 10.1. The zero-order valence-corrected chi connectivity index (χ0v) is 19.6. The molecule has 6 nitrogen and oxygen atoms in total. The first-order valence-electron chi connectivity index (χ1n) is 11.5. The average molecular weight is 462 g/mol. The number of halogens is 1. The topological polar surface area (TPSA) is 45.9 Å². The van der Waals surface area contributed by atoms with Crippen LogP contribution < -0.4 is 14.5 Å². The molecule has 33 heavy (non-hydrogen) atoms. The van der Waals surface area contributed by atoms with Gasteiger partial charge in [0, 0.05) is 54.8 Å². The van der Waals surface area contributed by atoms with Gasteiger partial charge < -0.3 is 14.5 Å². The van der Waals surface area contributed by atoms with Gasteiger partial charge in [0.1, 0.15) is 11.3 Å². The molecule has 170 valence electrons. The van der Waals surface area contributed by atoms with Crippen molar-refractivity contribution in [1.82, 2.24) is 14.6 Å². The molecule has 0 atom stereocenters. The monoisotopic (exact) mass is 461 g/mol. The van der Waals surface area contributed by atoms with Crippen molar-refractivity contribution in [3.63, 3.8) is 0 Å². The molecule has 4 aromatic rings. The molecule has 7 heteroatoms. The maximum atomic E-state index is 6.04. The number of anilines is 2. The summed E-state index contributed by atoms with van der Waals surface area (Å²) < 4.78 is 7.71. The van der Waals surface area contributed by atoms with Gasteiger partial charge >= 0.3 is 0 Å². The summed E-state index contributed by atoms with van der Waals surface area (Å²) in [4.78, 5) is 9.44. The Kier molecular flexibility index (Phi) is 6.35. The minimum atomic E-state index is 0.754. The predicted octanol–water partition coefficient (Wildman–Crippen LogP) is 5.56. The highest BCUT2D eigenvalue weighted by atomic mass is 35.5. The Morgan fingerprint density at radius 2 is 1.67 bits per heavy atom. The van der Waals surface area contributed by atoms with Crippen LogP contribution in [0.1, 0.15) is 19.8 Å². The Bertz CT molecular complexity index is 1200. The minimum Gasteiger partial charge on any atom is -0.494 e. The Balaban J connectivity index is 1.32. The predicted molar refractivity (Wildman–Crippen MR) is 135 cm³/mol. The molecule has 0 amide bonds. The zero-order valence-electron chi connectivity index (χ0n) is 18.8. The van der Waals surface area contributed by atoms with Crippen LogP contribution in [0.15, 0.2) is 67.0 Å². The van der Waals surface area contributed by atoms with E-state index in [2.05, 4.69) is 47.1 Å². The van der Waals surface area contributed by atoms with E-state index >= 15 is 0 Å². The number of ether oxygens (including phenoxy) is 1. The van der Waals surface area contributed by atoms with Crippen molar-refractivity contribution in [3.05, 3.63) is 72.0 Å². The fourth-order valence-corrected chi connectivity index (χ4v) is 4.30. The van der Waals surface area contributed by atoms with Gasteiger partial charge in [0.25, 0.3) is 0 Å². The van der Waals surface area contributed by atoms with E-state index in [1.54, 1.807) is 0 Å². The number of piperazine rings is 1. The van der Waals surface area contributed by atoms with Crippen LogP contribution in [0.3, 0.4) is 0 Å². The Morgan fingerprint density at radius 1 is 0.939 bits per heavy atom. The number of hydrogen-bond acceptors (Lipinski definition) is 5. The first-order chi connectivity index (χ1) is 16.2. The second-order valence-electron chi connectivity index (χ2n) is 8.29. The van der Waals surface area contributed by atoms with Crippen LogP contribution >= 0.6 is 11.6 Å². The Labute approximate surface area is 199 Å². The zero-order chi connectivity index (χ0) is 22.6. The second kappa shape index (κ2) is 9.71. The summed E-state index contributed by atoms with van der Waals surface area (Å²) in [6.07, 6.45) is 5.94. The van der Waals surface area contributed by atoms with Gasteiger partial charge in [0.15, 0.2) is 5.82 Å². The van der Waals surface area contributed by atoms with Gasteiger partial charge in [-0.05, 0) is 61.0 Å². The molecule has 5 rings (SSSR count). The van der Waals surface area contributed by atoms with Crippen LogP contribution in [0, 0.1) is 0 Å². The molecule has 1 saturated heterocycles. The number of nitrogens with zero attached hydrogens (tertiary/aromatic N) is 5. The van der Waals surface area contributed by atoms with Crippen LogP contribution in [0.5, 0.6) is 5.75 Å². The molecule has 0 bridgehead atoms. The molecule has 2 aromatic carbocycles. The molecule has 1 aliphatic heterocycles. The molecule has 0 aliphatic carbocycles. The molecule has 0 N–H and O–H groups in total. The van der Waals surface area contributed by atoms with E-state index < -0.39 is 0 Å². The van der Waals surface area contributed by atoms with Gasteiger partial charge in [0.05, 0.1) is 12.3 Å². The number of fused-ring (bicyclic) bond motifs is 1. The lowest BCUT2D eigenvalue weighted by Crippen LogP contribution is -2.47. The van der Waals surface area contributed by atoms with E-state index in [1.165, 1.54) is 5.69 Å². The highest BCUT2D eigenvalue weighted by Crippen LogP contribution is 2.28. The molecule has 0 saturated carbocycles. The first kappa shape index (κ1) is 21.6. The maximum Gasteiger partial charge on any atom is 0.154 e. The first-order valence-corrected chi connectivity index (χ1v) is 11.9. The van der Waals surface area contributed by atoms with Crippen LogP contribution in [0.4, 0.5) is 11.5 Å². The molecular weight excluding hydrogens is 434 g/mol. The van der Waals surface area contributed by atoms with Crippen LogP contribution in [-0.2, 0) is 0 Å². The normalized spacial score (nSPS) is 14.1. The number of rotatable bonds is 7. The minimum absolute atomic E-state index is 0.754. The van der Waals surface area contributed by atoms with Crippen molar-refractivity contribution in [2.75, 3.05) is 42.6 Å². The van der Waals surface area contributed by atoms with E-state index in [0.717, 1.165) is 79.0 Å². The van der Waals surface area contributed by atoms with Crippen LogP contribution in [0.25, 0.3) is 16.8 Å². The fraction of sp³-hybridized carbons (Fsp3) is 0.308. The maximum absolute atomic E-state index is 6.04. The van der Waals surface area contributed by atoms with Crippen LogP contribution in [-0.4, -0.2) is 47.4 Å². The number of aromatic nitrogens is 3. The third-order valence-corrected chi connectivity index (χ3v) is 6.31. The van der Waals surface area contributed by atoms with Gasteiger partial charge in [-0.25, -0.2) is 9.50 Å². The van der Waals surface area contributed by atoms with E-state index in [4.69, 9.17) is 26.4 Å². The molecule has 0 radical (unpaired) electrons. The number of benzene rings is 2. The van der Waals surface area contributed by atoms with Crippen molar-refractivity contribution in [1.29, 1.82) is 0 Å². The molecule has 1 fully saturated rings. The van der Waals surface area contributed by atoms with Gasteiger partial charge in [-0.3, -0.25) is 0 Å². The second-order valence-corrected chi connectivity index (χ2v) is 8.72. The molecule has 0 unspecified atom stereocenters. The molecule has 3 heterocycles. The fourth-order valence-electron chi connectivity index (χ4n) is 4.18. The summed E-state index contributed by atoms with van der Waals surface area (Å²) in [7, 11) is 0. The summed E-state index contributed by atoms with van der Waals surface area (Å²) >= 11 is 6.04. The van der Waals surface area contributed by atoms with Crippen molar-refractivity contribution >= 4 is 28.6 Å². The lowest BCUT2D eigenvalue weighted by Gasteiger charge is -2.36. The van der Waals surface area contributed by atoms with Crippen molar-refractivity contribution < 1.29 is 4.74 Å². The summed E-state index contributed by atoms with van der Waals surface area (Å²) in [5.41, 5.74) is 4.24. The van der Waals surface area contributed by atoms with Crippen LogP contribution in [0.2, 0.25) is 5.02 Å². The van der Waals surface area contributed by atoms with Crippen molar-refractivity contribution in [2.45, 2.75) is 19.8 Å². The van der Waals surface area contributed by atoms with Gasteiger partial charge in [-0.15, -0.1) is 0 Å². The molecule has 0 spiro atoms. The standard InChI is InChI=1S/C26H28ClN5O/c1-2-3-18-33-23-10-4-20(5-11-23)24-19-25-26(28-12-13-32(25)29-24)31-16-14-30(15-17-31)22-8-6-21(27)7-9-22/h4-13,19H,2-3,14-18H2,1H3. The van der Waals surface area contributed by atoms with Gasteiger partial charge in [0.2, 0.25) is 0 Å². The summed E-state index contributed by atoms with van der Waals surface area (Å²) in [6.45, 7) is 6.60. The molecular formula is C26H28ClN5O. The average Bonchev–Trinajstić information content (AvgIpc) is 3.30. The summed E-state index contributed by atoms with van der Waals surface area (Å²) in [5.74, 6) is 1.88. The summed E-state index contributed by atoms with van der Waals surface area (Å²) in [6, 6.07) is 18.4.